The number of sulfonamides is 1. The van der Waals surface area contributed by atoms with Crippen LogP contribution in [-0.2, 0) is 26.2 Å². The molecule has 0 spiro atoms. The quantitative estimate of drug-likeness (QED) is 0.436. The zero-order chi connectivity index (χ0) is 26.9. The summed E-state index contributed by atoms with van der Waals surface area (Å²) in [6.07, 6.45) is 2.12. The minimum absolute atomic E-state index is 0.0681. The minimum atomic E-state index is -3.85. The normalized spacial score (nSPS) is 12.8. The van der Waals surface area contributed by atoms with Crippen molar-refractivity contribution in [1.29, 1.82) is 0 Å². The van der Waals surface area contributed by atoms with Crippen LogP contribution in [0.2, 0.25) is 0 Å². The highest BCUT2D eigenvalue weighted by Crippen LogP contribution is 2.30. The van der Waals surface area contributed by atoms with Crippen molar-refractivity contribution in [2.24, 2.45) is 0 Å². The van der Waals surface area contributed by atoms with Gasteiger partial charge >= 0.3 is 0 Å². The summed E-state index contributed by atoms with van der Waals surface area (Å²) in [5.74, 6) is 0.131. The number of hydrogen-bond donors (Lipinski definition) is 1. The van der Waals surface area contributed by atoms with Crippen LogP contribution in [0.3, 0.4) is 0 Å². The number of carbonyl (C=O) groups is 2. The Morgan fingerprint density at radius 1 is 1.00 bits per heavy atom. The first-order valence-corrected chi connectivity index (χ1v) is 13.7. The van der Waals surface area contributed by atoms with Gasteiger partial charge < -0.3 is 19.7 Å². The van der Waals surface area contributed by atoms with Crippen molar-refractivity contribution in [2.45, 2.75) is 52.2 Å². The second kappa shape index (κ2) is 13.2. The van der Waals surface area contributed by atoms with Gasteiger partial charge in [0.1, 0.15) is 24.1 Å². The maximum absolute atomic E-state index is 13.8. The Bertz CT molecular complexity index is 1140. The van der Waals surface area contributed by atoms with Crippen LogP contribution >= 0.6 is 0 Å². The molecule has 2 amide bonds. The average molecular weight is 520 g/mol. The van der Waals surface area contributed by atoms with E-state index >= 15 is 0 Å². The summed E-state index contributed by atoms with van der Waals surface area (Å²) < 4.78 is 37.2. The van der Waals surface area contributed by atoms with Gasteiger partial charge in [0.05, 0.1) is 26.2 Å². The summed E-state index contributed by atoms with van der Waals surface area (Å²) >= 11 is 0. The second-order valence-electron chi connectivity index (χ2n) is 8.56. The first-order valence-electron chi connectivity index (χ1n) is 11.9. The van der Waals surface area contributed by atoms with Crippen LogP contribution in [0.5, 0.6) is 11.5 Å². The molecule has 10 heteroatoms. The Morgan fingerprint density at radius 2 is 1.69 bits per heavy atom. The number of rotatable bonds is 13. The van der Waals surface area contributed by atoms with E-state index in [1.54, 1.807) is 49.6 Å². The number of ether oxygens (including phenoxy) is 2. The van der Waals surface area contributed by atoms with Gasteiger partial charge in [0, 0.05) is 12.6 Å². The van der Waals surface area contributed by atoms with Gasteiger partial charge in [-0.05, 0) is 49.6 Å². The number of amides is 2. The third kappa shape index (κ3) is 7.61. The average Bonchev–Trinajstić information content (AvgIpc) is 2.86. The molecule has 2 aromatic carbocycles. The summed E-state index contributed by atoms with van der Waals surface area (Å²) in [5, 5.41) is 2.95. The molecule has 0 fully saturated rings. The number of anilines is 1. The third-order valence-corrected chi connectivity index (χ3v) is 7.03. The monoisotopic (exact) mass is 519 g/mol. The first-order chi connectivity index (χ1) is 17.0. The molecule has 198 valence electrons. The topological polar surface area (TPSA) is 105 Å². The van der Waals surface area contributed by atoms with Gasteiger partial charge in [0.2, 0.25) is 21.8 Å². The highest BCUT2D eigenvalue weighted by molar-refractivity contribution is 7.92. The smallest absolute Gasteiger partial charge is 0.244 e. The van der Waals surface area contributed by atoms with E-state index in [9.17, 15) is 18.0 Å². The van der Waals surface area contributed by atoms with E-state index in [0.29, 0.717) is 17.9 Å². The summed E-state index contributed by atoms with van der Waals surface area (Å²) in [6.45, 7) is 5.29. The molecule has 9 nitrogen and oxygen atoms in total. The fraction of sp³-hybridized carbons (Fsp3) is 0.462. The molecule has 0 aliphatic carbocycles. The van der Waals surface area contributed by atoms with Gasteiger partial charge in [0.15, 0.2) is 0 Å². The van der Waals surface area contributed by atoms with E-state index in [4.69, 9.17) is 9.47 Å². The number of para-hydroxylation sites is 2. The maximum atomic E-state index is 13.8. The molecule has 0 radical (unpaired) electrons. The molecule has 2 rings (SSSR count). The van der Waals surface area contributed by atoms with E-state index in [1.165, 1.54) is 12.0 Å². The zero-order valence-electron chi connectivity index (χ0n) is 21.9. The number of nitrogens with zero attached hydrogens (tertiary/aromatic N) is 2. The van der Waals surface area contributed by atoms with Crippen LogP contribution in [0.25, 0.3) is 0 Å². The molecule has 2 unspecified atom stereocenters. The van der Waals surface area contributed by atoms with Crippen molar-refractivity contribution < 1.29 is 27.5 Å². The van der Waals surface area contributed by atoms with E-state index < -0.39 is 28.5 Å². The zero-order valence-corrected chi connectivity index (χ0v) is 22.7. The molecular formula is C26H37N3O6S. The molecule has 36 heavy (non-hydrogen) atoms. The molecule has 0 saturated carbocycles. The van der Waals surface area contributed by atoms with Crippen LogP contribution in [0.15, 0.2) is 48.5 Å². The van der Waals surface area contributed by atoms with E-state index in [0.717, 1.165) is 22.5 Å². The summed E-state index contributed by atoms with van der Waals surface area (Å²) in [4.78, 5) is 28.4. The Kier molecular flexibility index (Phi) is 10.6. The van der Waals surface area contributed by atoms with Gasteiger partial charge in [-0.2, -0.15) is 0 Å². The fourth-order valence-electron chi connectivity index (χ4n) is 3.76. The first kappa shape index (κ1) is 29.0. The highest BCUT2D eigenvalue weighted by atomic mass is 32.2. The Labute approximate surface area is 214 Å². The van der Waals surface area contributed by atoms with E-state index in [2.05, 4.69) is 5.32 Å². The van der Waals surface area contributed by atoms with Crippen LogP contribution in [0, 0.1) is 0 Å². The SMILES string of the molecule is CCC(C)NC(=O)C(CC)N(Cc1cccc(OC)c1)C(=O)CN(c1ccccc1OC)S(C)(=O)=O. The standard InChI is InChI=1S/C26H37N3O6S/c1-7-19(3)27-26(31)22(8-2)28(17-20-12-11-13-21(16-20)34-4)25(30)18-29(36(6,32)33)23-14-9-10-15-24(23)35-5/h9-16,19,22H,7-8,17-18H2,1-6H3,(H,27,31). The van der Waals surface area contributed by atoms with Gasteiger partial charge in [-0.3, -0.25) is 13.9 Å². The molecule has 0 aliphatic rings. The predicted molar refractivity (Wildman–Crippen MR) is 141 cm³/mol. The second-order valence-corrected chi connectivity index (χ2v) is 10.5. The van der Waals surface area contributed by atoms with Crippen molar-refractivity contribution in [3.63, 3.8) is 0 Å². The molecule has 1 N–H and O–H groups in total. The number of hydrogen-bond acceptors (Lipinski definition) is 6. The minimum Gasteiger partial charge on any atom is -0.497 e. The summed E-state index contributed by atoms with van der Waals surface area (Å²) in [6, 6.07) is 12.9. The van der Waals surface area contributed by atoms with E-state index in [1.807, 2.05) is 26.8 Å². The predicted octanol–water partition coefficient (Wildman–Crippen LogP) is 3.19. The van der Waals surface area contributed by atoms with Crippen molar-refractivity contribution in [2.75, 3.05) is 31.3 Å². The van der Waals surface area contributed by atoms with Crippen LogP contribution in [-0.4, -0.2) is 64.2 Å². The lowest BCUT2D eigenvalue weighted by Gasteiger charge is -2.33. The lowest BCUT2D eigenvalue weighted by molar-refractivity contribution is -0.140. The number of nitrogens with one attached hydrogen (secondary N) is 1. The number of benzene rings is 2. The molecule has 0 bridgehead atoms. The Morgan fingerprint density at radius 3 is 2.28 bits per heavy atom. The van der Waals surface area contributed by atoms with Gasteiger partial charge in [-0.25, -0.2) is 8.42 Å². The lowest BCUT2D eigenvalue weighted by atomic mass is 10.1. The fourth-order valence-corrected chi connectivity index (χ4v) is 4.61. The molecule has 0 aromatic heterocycles. The van der Waals surface area contributed by atoms with Crippen molar-refractivity contribution in [3.8, 4) is 11.5 Å². The van der Waals surface area contributed by atoms with Crippen LogP contribution < -0.4 is 19.1 Å². The molecule has 2 aromatic rings. The highest BCUT2D eigenvalue weighted by Gasteiger charge is 2.32. The largest absolute Gasteiger partial charge is 0.497 e. The Balaban J connectivity index is 2.49. The molecular weight excluding hydrogens is 482 g/mol. The molecule has 0 heterocycles. The van der Waals surface area contributed by atoms with Gasteiger partial charge in [0.25, 0.3) is 0 Å². The lowest BCUT2D eigenvalue weighted by Crippen LogP contribution is -2.53. The number of methoxy groups -OCH3 is 2. The molecule has 2 atom stereocenters. The third-order valence-electron chi connectivity index (χ3n) is 5.91. The van der Waals surface area contributed by atoms with Gasteiger partial charge in [-0.1, -0.05) is 38.1 Å². The molecule has 0 saturated heterocycles. The van der Waals surface area contributed by atoms with Crippen molar-refractivity contribution in [1.82, 2.24) is 10.2 Å². The van der Waals surface area contributed by atoms with Crippen LogP contribution in [0.1, 0.15) is 39.2 Å². The Hall–Kier alpha value is -3.27. The van der Waals surface area contributed by atoms with Crippen molar-refractivity contribution >= 4 is 27.5 Å². The maximum Gasteiger partial charge on any atom is 0.244 e. The van der Waals surface area contributed by atoms with Crippen molar-refractivity contribution in [3.05, 3.63) is 54.1 Å². The van der Waals surface area contributed by atoms with Gasteiger partial charge in [-0.15, -0.1) is 0 Å². The molecule has 0 aliphatic heterocycles. The van der Waals surface area contributed by atoms with E-state index in [-0.39, 0.29) is 24.2 Å². The summed E-state index contributed by atoms with van der Waals surface area (Å²) in [5.41, 5.74) is 0.995. The summed E-state index contributed by atoms with van der Waals surface area (Å²) in [7, 11) is -0.871. The number of carbonyl (C=O) groups excluding carboxylic acids is 2. The van der Waals surface area contributed by atoms with Crippen LogP contribution in [0.4, 0.5) is 5.69 Å².